The molecule has 1 aliphatic heterocycles. The molecule has 0 spiro atoms. The minimum Gasteiger partial charge on any atom is -0.465 e. The van der Waals surface area contributed by atoms with Gasteiger partial charge in [0.1, 0.15) is 0 Å². The summed E-state index contributed by atoms with van der Waals surface area (Å²) in [6.45, 7) is 0.467. The molecule has 0 radical (unpaired) electrons. The van der Waals surface area contributed by atoms with Gasteiger partial charge in [0.05, 0.1) is 28.5 Å². The number of methoxy groups -OCH3 is 1. The van der Waals surface area contributed by atoms with Crippen LogP contribution in [0.25, 0.3) is 0 Å². The molecule has 0 unspecified atom stereocenters. The second-order valence-corrected chi connectivity index (χ2v) is 9.04. The van der Waals surface area contributed by atoms with Crippen LogP contribution in [0.3, 0.4) is 0 Å². The highest BCUT2D eigenvalue weighted by molar-refractivity contribution is 7.89. The number of rotatable bonds is 5. The molecule has 1 N–H and O–H groups in total. The van der Waals surface area contributed by atoms with Gasteiger partial charge < -0.3 is 10.1 Å². The average molecular weight is 437 g/mol. The van der Waals surface area contributed by atoms with Crippen LogP contribution >= 0.6 is 11.6 Å². The van der Waals surface area contributed by atoms with Gasteiger partial charge in [-0.3, -0.25) is 4.79 Å². The van der Waals surface area contributed by atoms with E-state index in [1.54, 1.807) is 36.4 Å². The van der Waals surface area contributed by atoms with Gasteiger partial charge in [-0.2, -0.15) is 4.31 Å². The molecular formula is C20H21ClN2O5S. The van der Waals surface area contributed by atoms with Gasteiger partial charge in [-0.05, 0) is 43.2 Å². The van der Waals surface area contributed by atoms with Crippen LogP contribution in [-0.4, -0.2) is 44.8 Å². The van der Waals surface area contributed by atoms with E-state index in [2.05, 4.69) is 10.1 Å². The predicted molar refractivity (Wildman–Crippen MR) is 109 cm³/mol. The van der Waals surface area contributed by atoms with E-state index in [0.717, 1.165) is 0 Å². The van der Waals surface area contributed by atoms with Crippen LogP contribution in [0.2, 0.25) is 5.02 Å². The lowest BCUT2D eigenvalue weighted by molar-refractivity contribution is -0.120. The summed E-state index contributed by atoms with van der Waals surface area (Å²) in [5.74, 6) is -1.42. The van der Waals surface area contributed by atoms with Gasteiger partial charge in [0.2, 0.25) is 15.9 Å². The third-order valence-electron chi connectivity index (χ3n) is 4.78. The van der Waals surface area contributed by atoms with Crippen LogP contribution in [0.4, 0.5) is 5.69 Å². The number of nitrogens with zero attached hydrogens (tertiary/aromatic N) is 1. The minimum absolute atomic E-state index is 0.0977. The van der Waals surface area contributed by atoms with Crippen LogP contribution < -0.4 is 5.32 Å². The van der Waals surface area contributed by atoms with E-state index in [4.69, 9.17) is 11.6 Å². The molecule has 1 aliphatic rings. The number of carbonyl (C=O) groups excluding carboxylic acids is 2. The highest BCUT2D eigenvalue weighted by atomic mass is 35.5. The van der Waals surface area contributed by atoms with Crippen LogP contribution in [0.1, 0.15) is 23.2 Å². The number of piperidine rings is 1. The number of anilines is 1. The number of sulfonamides is 1. The van der Waals surface area contributed by atoms with Gasteiger partial charge in [0.25, 0.3) is 0 Å². The molecule has 0 saturated carbocycles. The lowest BCUT2D eigenvalue weighted by Crippen LogP contribution is -2.43. The smallest absolute Gasteiger partial charge is 0.339 e. The maximum Gasteiger partial charge on any atom is 0.339 e. The average Bonchev–Trinajstić information content (AvgIpc) is 2.75. The molecule has 154 valence electrons. The third-order valence-corrected chi connectivity index (χ3v) is 6.98. The summed E-state index contributed by atoms with van der Waals surface area (Å²) < 4.78 is 31.7. The number of esters is 1. The number of benzene rings is 2. The van der Waals surface area contributed by atoms with E-state index >= 15 is 0 Å². The summed E-state index contributed by atoms with van der Waals surface area (Å²) in [7, 11) is -2.41. The Balaban J connectivity index is 1.73. The summed E-state index contributed by atoms with van der Waals surface area (Å²) >= 11 is 6.00. The number of carbonyl (C=O) groups is 2. The van der Waals surface area contributed by atoms with Crippen LogP contribution in [0.5, 0.6) is 0 Å². The first-order valence-electron chi connectivity index (χ1n) is 9.07. The molecule has 3 rings (SSSR count). The molecule has 1 saturated heterocycles. The van der Waals surface area contributed by atoms with Gasteiger partial charge in [0, 0.05) is 18.8 Å². The van der Waals surface area contributed by atoms with Crippen LogP contribution in [0.15, 0.2) is 53.4 Å². The fourth-order valence-electron chi connectivity index (χ4n) is 3.23. The maximum absolute atomic E-state index is 12.8. The van der Waals surface area contributed by atoms with Crippen molar-refractivity contribution in [1.29, 1.82) is 0 Å². The van der Waals surface area contributed by atoms with Gasteiger partial charge in [-0.1, -0.05) is 29.8 Å². The number of amides is 1. The van der Waals surface area contributed by atoms with Crippen molar-refractivity contribution in [2.45, 2.75) is 17.7 Å². The molecule has 1 amide bonds. The van der Waals surface area contributed by atoms with Gasteiger partial charge >= 0.3 is 5.97 Å². The topological polar surface area (TPSA) is 92.8 Å². The number of nitrogens with one attached hydrogen (secondary N) is 1. The van der Waals surface area contributed by atoms with Crippen molar-refractivity contribution in [3.8, 4) is 0 Å². The highest BCUT2D eigenvalue weighted by Crippen LogP contribution is 2.26. The van der Waals surface area contributed by atoms with Crippen molar-refractivity contribution >= 4 is 39.2 Å². The van der Waals surface area contributed by atoms with Crippen LogP contribution in [0, 0.1) is 5.92 Å². The monoisotopic (exact) mass is 436 g/mol. The Morgan fingerprint density at radius 2 is 1.90 bits per heavy atom. The normalized spacial score (nSPS) is 17.5. The molecule has 0 aliphatic carbocycles. The fourth-order valence-corrected chi connectivity index (χ4v) is 4.97. The lowest BCUT2D eigenvalue weighted by Gasteiger charge is -2.31. The predicted octanol–water partition coefficient (Wildman–Crippen LogP) is 3.17. The molecule has 0 aromatic heterocycles. The van der Waals surface area contributed by atoms with E-state index in [1.165, 1.54) is 23.5 Å². The van der Waals surface area contributed by atoms with Crippen molar-refractivity contribution in [3.05, 3.63) is 59.1 Å². The third kappa shape index (κ3) is 4.77. The molecule has 0 bridgehead atoms. The fraction of sp³-hybridized carbons (Fsp3) is 0.300. The summed E-state index contributed by atoms with van der Waals surface area (Å²) in [6, 6.07) is 12.7. The van der Waals surface area contributed by atoms with E-state index < -0.39 is 21.9 Å². The maximum atomic E-state index is 12.8. The zero-order valence-electron chi connectivity index (χ0n) is 15.8. The first kappa shape index (κ1) is 21.3. The minimum atomic E-state index is -3.65. The SMILES string of the molecule is COC(=O)c1cc(NC(=O)[C@@H]2CCCN(S(=O)(=O)c3ccccc3)C2)ccc1Cl. The first-order chi connectivity index (χ1) is 13.8. The molecule has 1 atom stereocenters. The highest BCUT2D eigenvalue weighted by Gasteiger charge is 2.33. The Hall–Kier alpha value is -2.42. The zero-order chi connectivity index (χ0) is 21.0. The van der Waals surface area contributed by atoms with Crippen LogP contribution in [-0.2, 0) is 19.6 Å². The summed E-state index contributed by atoms with van der Waals surface area (Å²) in [5, 5.41) is 2.96. The van der Waals surface area contributed by atoms with Crippen molar-refractivity contribution in [3.63, 3.8) is 0 Å². The summed E-state index contributed by atoms with van der Waals surface area (Å²) in [5.41, 5.74) is 0.534. The largest absolute Gasteiger partial charge is 0.465 e. The molecule has 2 aromatic carbocycles. The zero-order valence-corrected chi connectivity index (χ0v) is 17.4. The molecule has 2 aromatic rings. The van der Waals surface area contributed by atoms with Crippen molar-refractivity contribution in [2.24, 2.45) is 5.92 Å². The molecule has 9 heteroatoms. The van der Waals surface area contributed by atoms with Gasteiger partial charge in [-0.15, -0.1) is 0 Å². The van der Waals surface area contributed by atoms with Crippen molar-refractivity contribution in [1.82, 2.24) is 4.31 Å². The number of hydrogen-bond acceptors (Lipinski definition) is 5. The lowest BCUT2D eigenvalue weighted by atomic mass is 9.98. The van der Waals surface area contributed by atoms with E-state index in [9.17, 15) is 18.0 Å². The van der Waals surface area contributed by atoms with Crippen molar-refractivity contribution < 1.29 is 22.7 Å². The van der Waals surface area contributed by atoms with Gasteiger partial charge in [0.15, 0.2) is 0 Å². The quantitative estimate of drug-likeness (QED) is 0.726. The Morgan fingerprint density at radius 1 is 1.17 bits per heavy atom. The Morgan fingerprint density at radius 3 is 2.59 bits per heavy atom. The Kier molecular flexibility index (Phi) is 6.56. The standard InChI is InChI=1S/C20H21ClN2O5S/c1-28-20(25)17-12-15(9-10-18(17)21)22-19(24)14-6-5-11-23(13-14)29(26,27)16-7-3-2-4-8-16/h2-4,7-10,12,14H,5-6,11,13H2,1H3,(H,22,24)/t14-/m1/s1. The molecule has 29 heavy (non-hydrogen) atoms. The summed E-state index contributed by atoms with van der Waals surface area (Å²) in [4.78, 5) is 24.7. The van der Waals surface area contributed by atoms with E-state index in [0.29, 0.717) is 25.1 Å². The number of ether oxygens (including phenoxy) is 1. The Labute approximate surface area is 174 Å². The van der Waals surface area contributed by atoms with Crippen molar-refractivity contribution in [2.75, 3.05) is 25.5 Å². The molecule has 7 nitrogen and oxygen atoms in total. The molecule has 1 fully saturated rings. The molecule has 1 heterocycles. The van der Waals surface area contributed by atoms with Gasteiger partial charge in [-0.25, -0.2) is 13.2 Å². The second-order valence-electron chi connectivity index (χ2n) is 6.69. The number of halogens is 1. The number of hydrogen-bond donors (Lipinski definition) is 1. The summed E-state index contributed by atoms with van der Waals surface area (Å²) in [6.07, 6.45) is 1.16. The molecular weight excluding hydrogens is 416 g/mol. The second kappa shape index (κ2) is 8.94. The first-order valence-corrected chi connectivity index (χ1v) is 10.9. The van der Waals surface area contributed by atoms with E-state index in [-0.39, 0.29) is 27.9 Å². The van der Waals surface area contributed by atoms with E-state index in [1.807, 2.05) is 0 Å². The Bertz CT molecular complexity index is 1010.